The van der Waals surface area contributed by atoms with E-state index in [2.05, 4.69) is 4.57 Å². The van der Waals surface area contributed by atoms with E-state index in [9.17, 15) is 9.50 Å². The number of ether oxygens (including phenoxy) is 1. The summed E-state index contributed by atoms with van der Waals surface area (Å²) < 4.78 is 22.3. The lowest BCUT2D eigenvalue weighted by Crippen LogP contribution is -2.40. The van der Waals surface area contributed by atoms with E-state index in [4.69, 9.17) is 4.74 Å². The monoisotopic (exact) mass is 389 g/mol. The summed E-state index contributed by atoms with van der Waals surface area (Å²) >= 11 is 0. The van der Waals surface area contributed by atoms with Crippen LogP contribution in [0.15, 0.2) is 72.8 Å². The molecule has 1 N–H and O–H groups in total. The molecule has 0 radical (unpaired) electrons. The fourth-order valence-electron chi connectivity index (χ4n) is 4.69. The van der Waals surface area contributed by atoms with E-state index < -0.39 is 6.10 Å². The first-order valence-corrected chi connectivity index (χ1v) is 10.2. The van der Waals surface area contributed by atoms with Gasteiger partial charge in [-0.1, -0.05) is 48.5 Å². The summed E-state index contributed by atoms with van der Waals surface area (Å²) in [6, 6.07) is 22.9. The molecule has 1 aliphatic carbocycles. The van der Waals surface area contributed by atoms with Crippen LogP contribution in [0.5, 0.6) is 0 Å². The molecule has 5 rings (SSSR count). The smallest absolute Gasteiger partial charge is 0.123 e. The highest BCUT2D eigenvalue weighted by Gasteiger charge is 2.35. The van der Waals surface area contributed by atoms with Crippen molar-refractivity contribution >= 4 is 21.8 Å². The molecule has 1 aliphatic rings. The summed E-state index contributed by atoms with van der Waals surface area (Å²) in [5, 5.41) is 13.1. The van der Waals surface area contributed by atoms with Crippen LogP contribution >= 0.6 is 0 Å². The first-order chi connectivity index (χ1) is 14.2. The molecule has 3 aromatic carbocycles. The molecule has 4 heteroatoms. The number of para-hydroxylation sites is 1. The van der Waals surface area contributed by atoms with Gasteiger partial charge in [0, 0.05) is 21.8 Å². The number of aliphatic hydroxyl groups is 1. The highest BCUT2D eigenvalue weighted by atomic mass is 19.1. The maximum atomic E-state index is 13.9. The van der Waals surface area contributed by atoms with Gasteiger partial charge in [0.2, 0.25) is 0 Å². The highest BCUT2D eigenvalue weighted by molar-refractivity contribution is 6.08. The minimum atomic E-state index is -0.614. The Bertz CT molecular complexity index is 1140. The fraction of sp³-hybridized carbons (Fsp3) is 0.280. The Hall–Kier alpha value is -2.69. The Morgan fingerprint density at radius 1 is 0.897 bits per heavy atom. The van der Waals surface area contributed by atoms with Gasteiger partial charge in [0.05, 0.1) is 18.8 Å². The fourth-order valence-corrected chi connectivity index (χ4v) is 4.69. The van der Waals surface area contributed by atoms with Crippen LogP contribution in [0.1, 0.15) is 30.9 Å². The second-order valence-corrected chi connectivity index (χ2v) is 7.87. The third-order valence-electron chi connectivity index (χ3n) is 6.07. The minimum absolute atomic E-state index is 0.0996. The number of aliphatic hydroxyl groups excluding tert-OH is 1. The summed E-state index contributed by atoms with van der Waals surface area (Å²) in [6.45, 7) is 0.494. The van der Waals surface area contributed by atoms with Crippen molar-refractivity contribution in [3.8, 4) is 0 Å². The van der Waals surface area contributed by atoms with E-state index in [1.54, 1.807) is 6.07 Å². The molecule has 29 heavy (non-hydrogen) atoms. The van der Waals surface area contributed by atoms with Gasteiger partial charge in [-0.25, -0.2) is 4.39 Å². The number of hydrogen-bond acceptors (Lipinski definition) is 2. The molecule has 148 valence electrons. The molecule has 0 unspecified atom stereocenters. The molecule has 3 atom stereocenters. The lowest BCUT2D eigenvalue weighted by Gasteiger charge is -2.36. The van der Waals surface area contributed by atoms with E-state index in [1.165, 1.54) is 6.07 Å². The van der Waals surface area contributed by atoms with Crippen molar-refractivity contribution in [2.24, 2.45) is 0 Å². The van der Waals surface area contributed by atoms with Crippen LogP contribution in [0.4, 0.5) is 4.39 Å². The van der Waals surface area contributed by atoms with Crippen molar-refractivity contribution in [2.45, 2.75) is 44.1 Å². The Morgan fingerprint density at radius 2 is 1.66 bits per heavy atom. The van der Waals surface area contributed by atoms with E-state index >= 15 is 0 Å². The number of halogens is 1. The van der Waals surface area contributed by atoms with Gasteiger partial charge in [-0.15, -0.1) is 0 Å². The summed E-state index contributed by atoms with van der Waals surface area (Å²) in [7, 11) is 0. The van der Waals surface area contributed by atoms with Gasteiger partial charge in [0.25, 0.3) is 0 Å². The Morgan fingerprint density at radius 3 is 2.52 bits per heavy atom. The van der Waals surface area contributed by atoms with Crippen LogP contribution in [0.25, 0.3) is 21.8 Å². The molecule has 0 aliphatic heterocycles. The average Bonchev–Trinajstić information content (AvgIpc) is 3.07. The van der Waals surface area contributed by atoms with Gasteiger partial charge in [-0.05, 0) is 49.1 Å². The van der Waals surface area contributed by atoms with Crippen LogP contribution in [0, 0.1) is 5.82 Å². The minimum Gasteiger partial charge on any atom is -0.388 e. The maximum absolute atomic E-state index is 13.9. The van der Waals surface area contributed by atoms with Crippen molar-refractivity contribution < 1.29 is 14.2 Å². The second kappa shape index (κ2) is 7.62. The number of hydrogen-bond donors (Lipinski definition) is 1. The van der Waals surface area contributed by atoms with Gasteiger partial charge in [0.1, 0.15) is 11.9 Å². The van der Waals surface area contributed by atoms with Crippen LogP contribution < -0.4 is 0 Å². The van der Waals surface area contributed by atoms with E-state index in [1.807, 2.05) is 60.7 Å². The van der Waals surface area contributed by atoms with Gasteiger partial charge in [-0.2, -0.15) is 0 Å². The SMILES string of the molecule is O[C@H]1[C@H](n2c3ccccc3c3cc(F)ccc32)CCC[C@H]1OCc1ccccc1. The van der Waals surface area contributed by atoms with E-state index in [0.717, 1.165) is 46.6 Å². The largest absolute Gasteiger partial charge is 0.388 e. The zero-order chi connectivity index (χ0) is 19.8. The first kappa shape index (κ1) is 18.3. The predicted molar refractivity (Wildman–Crippen MR) is 113 cm³/mol. The molecular weight excluding hydrogens is 365 g/mol. The Labute approximate surface area is 169 Å². The van der Waals surface area contributed by atoms with Crippen LogP contribution in [-0.2, 0) is 11.3 Å². The standard InChI is InChI=1S/C25H24FNO2/c26-18-13-14-22-20(15-18)19-9-4-5-10-21(19)27(22)23-11-6-12-24(25(23)28)29-16-17-7-2-1-3-8-17/h1-5,7-10,13-15,23-25,28H,6,11-12,16H2/t23-,24-,25+/m1/s1. The molecule has 1 saturated carbocycles. The summed E-state index contributed by atoms with van der Waals surface area (Å²) in [5.74, 6) is -0.242. The second-order valence-electron chi connectivity index (χ2n) is 7.87. The number of rotatable bonds is 4. The summed E-state index contributed by atoms with van der Waals surface area (Å²) in [4.78, 5) is 0. The topological polar surface area (TPSA) is 34.4 Å². The molecule has 1 aromatic heterocycles. The molecule has 1 fully saturated rings. The van der Waals surface area contributed by atoms with Crippen LogP contribution in [-0.4, -0.2) is 21.9 Å². The molecule has 0 spiro atoms. The third-order valence-corrected chi connectivity index (χ3v) is 6.07. The van der Waals surface area contributed by atoms with Crippen molar-refractivity contribution in [3.05, 3.63) is 84.2 Å². The van der Waals surface area contributed by atoms with Crippen molar-refractivity contribution in [1.82, 2.24) is 4.57 Å². The highest BCUT2D eigenvalue weighted by Crippen LogP contribution is 2.38. The lowest BCUT2D eigenvalue weighted by molar-refractivity contribution is -0.0858. The lowest BCUT2D eigenvalue weighted by atomic mass is 9.89. The summed E-state index contributed by atoms with van der Waals surface area (Å²) in [6.07, 6.45) is 1.87. The van der Waals surface area contributed by atoms with Crippen molar-refractivity contribution in [3.63, 3.8) is 0 Å². The molecule has 0 saturated heterocycles. The molecule has 0 amide bonds. The predicted octanol–water partition coefficient (Wildman–Crippen LogP) is 5.60. The molecule has 1 heterocycles. The summed E-state index contributed by atoms with van der Waals surface area (Å²) in [5.41, 5.74) is 3.09. The van der Waals surface area contributed by atoms with E-state index in [0.29, 0.717) is 6.61 Å². The Balaban J connectivity index is 1.50. The van der Waals surface area contributed by atoms with Crippen LogP contribution in [0.2, 0.25) is 0 Å². The molecule has 4 aromatic rings. The third kappa shape index (κ3) is 3.33. The molecule has 3 nitrogen and oxygen atoms in total. The van der Waals surface area contributed by atoms with Crippen molar-refractivity contribution in [1.29, 1.82) is 0 Å². The Kier molecular flexibility index (Phi) is 4.82. The number of aromatic nitrogens is 1. The van der Waals surface area contributed by atoms with Crippen LogP contribution in [0.3, 0.4) is 0 Å². The van der Waals surface area contributed by atoms with Gasteiger partial charge in [-0.3, -0.25) is 0 Å². The zero-order valence-electron chi connectivity index (χ0n) is 16.2. The van der Waals surface area contributed by atoms with E-state index in [-0.39, 0.29) is 18.0 Å². The first-order valence-electron chi connectivity index (χ1n) is 10.2. The normalized spacial score (nSPS) is 22.3. The maximum Gasteiger partial charge on any atom is 0.123 e. The number of nitrogens with zero attached hydrogens (tertiary/aromatic N) is 1. The molecule has 0 bridgehead atoms. The van der Waals surface area contributed by atoms with Gasteiger partial charge < -0.3 is 14.4 Å². The van der Waals surface area contributed by atoms with Gasteiger partial charge >= 0.3 is 0 Å². The average molecular weight is 389 g/mol. The molecular formula is C25H24FNO2. The zero-order valence-corrected chi connectivity index (χ0v) is 16.2. The quantitative estimate of drug-likeness (QED) is 0.493. The number of benzene rings is 3. The van der Waals surface area contributed by atoms with Gasteiger partial charge in [0.15, 0.2) is 0 Å². The number of fused-ring (bicyclic) bond motifs is 3. The van der Waals surface area contributed by atoms with Crippen molar-refractivity contribution in [2.75, 3.05) is 0 Å².